The summed E-state index contributed by atoms with van der Waals surface area (Å²) in [6.45, 7) is 2.13. The normalized spacial score (nSPS) is 21.7. The van der Waals surface area contributed by atoms with Crippen LogP contribution >= 0.6 is 11.3 Å². The molecule has 0 aliphatic carbocycles. The van der Waals surface area contributed by atoms with Gasteiger partial charge in [-0.25, -0.2) is 0 Å². The molecule has 0 saturated carbocycles. The van der Waals surface area contributed by atoms with Crippen LogP contribution in [0.2, 0.25) is 0 Å². The van der Waals surface area contributed by atoms with E-state index in [0.29, 0.717) is 18.7 Å². The first kappa shape index (κ1) is 16.4. The van der Waals surface area contributed by atoms with Crippen molar-refractivity contribution in [2.24, 2.45) is 5.92 Å². The van der Waals surface area contributed by atoms with Crippen LogP contribution in [0.25, 0.3) is 0 Å². The van der Waals surface area contributed by atoms with Gasteiger partial charge in [-0.1, -0.05) is 6.07 Å². The Labute approximate surface area is 151 Å². The Morgan fingerprint density at radius 2 is 1.96 bits per heavy atom. The number of amides is 2. The maximum atomic E-state index is 13.0. The first-order chi connectivity index (χ1) is 12.2. The predicted molar refractivity (Wildman–Crippen MR) is 95.3 cm³/mol. The molecule has 2 aromatic heterocycles. The minimum Gasteiger partial charge on any atom is -0.472 e. The summed E-state index contributed by atoms with van der Waals surface area (Å²) in [5, 5.41) is 2.08. The average molecular weight is 358 g/mol. The second-order valence-electron chi connectivity index (χ2n) is 6.78. The highest BCUT2D eigenvalue weighted by atomic mass is 32.1. The molecule has 0 spiro atoms. The Balaban J connectivity index is 1.37. The molecule has 25 heavy (non-hydrogen) atoms. The molecular formula is C19H22N2O3S. The van der Waals surface area contributed by atoms with E-state index >= 15 is 0 Å². The molecule has 1 unspecified atom stereocenters. The van der Waals surface area contributed by atoms with Gasteiger partial charge in [0.15, 0.2) is 0 Å². The summed E-state index contributed by atoms with van der Waals surface area (Å²) in [6, 6.07) is 6.13. The Morgan fingerprint density at radius 1 is 1.12 bits per heavy atom. The summed E-state index contributed by atoms with van der Waals surface area (Å²) in [7, 11) is 0. The van der Waals surface area contributed by atoms with Crippen LogP contribution in [-0.4, -0.2) is 41.2 Å². The van der Waals surface area contributed by atoms with E-state index in [4.69, 9.17) is 4.42 Å². The molecule has 2 aliphatic rings. The van der Waals surface area contributed by atoms with Crippen LogP contribution < -0.4 is 0 Å². The zero-order valence-electron chi connectivity index (χ0n) is 14.1. The number of carbonyl (C=O) groups is 2. The molecule has 1 atom stereocenters. The molecule has 2 amide bonds. The molecule has 0 aromatic carbocycles. The Bertz CT molecular complexity index is 718. The lowest BCUT2D eigenvalue weighted by Crippen LogP contribution is -2.44. The predicted octanol–water partition coefficient (Wildman–Crippen LogP) is 3.56. The molecule has 4 heterocycles. The maximum absolute atomic E-state index is 13.0. The largest absolute Gasteiger partial charge is 0.472 e. The van der Waals surface area contributed by atoms with Crippen molar-refractivity contribution < 1.29 is 14.0 Å². The highest BCUT2D eigenvalue weighted by Crippen LogP contribution is 2.36. The first-order valence-electron chi connectivity index (χ1n) is 8.89. The van der Waals surface area contributed by atoms with E-state index in [9.17, 15) is 9.59 Å². The van der Waals surface area contributed by atoms with Crippen molar-refractivity contribution in [3.63, 3.8) is 0 Å². The summed E-state index contributed by atoms with van der Waals surface area (Å²) in [6.07, 6.45) is 6.62. The van der Waals surface area contributed by atoms with E-state index in [2.05, 4.69) is 22.4 Å². The molecule has 5 nitrogen and oxygen atoms in total. The first-order valence-corrected chi connectivity index (χ1v) is 9.77. The van der Waals surface area contributed by atoms with Gasteiger partial charge in [0.25, 0.3) is 5.91 Å². The van der Waals surface area contributed by atoms with Crippen molar-refractivity contribution in [3.05, 3.63) is 46.5 Å². The smallest absolute Gasteiger partial charge is 0.257 e. The summed E-state index contributed by atoms with van der Waals surface area (Å²) >= 11 is 1.74. The van der Waals surface area contributed by atoms with Gasteiger partial charge in [0.05, 0.1) is 17.9 Å². The van der Waals surface area contributed by atoms with Gasteiger partial charge >= 0.3 is 0 Å². The number of nitrogens with zero attached hydrogens (tertiary/aromatic N) is 2. The molecular weight excluding hydrogens is 336 g/mol. The second-order valence-corrected chi connectivity index (χ2v) is 7.76. The van der Waals surface area contributed by atoms with Crippen LogP contribution in [0.5, 0.6) is 0 Å². The minimum absolute atomic E-state index is 0.00252. The summed E-state index contributed by atoms with van der Waals surface area (Å²) in [4.78, 5) is 30.6. The molecule has 2 aromatic rings. The van der Waals surface area contributed by atoms with E-state index in [-0.39, 0.29) is 23.8 Å². The molecule has 0 N–H and O–H groups in total. The van der Waals surface area contributed by atoms with Gasteiger partial charge in [0, 0.05) is 30.4 Å². The molecule has 0 bridgehead atoms. The van der Waals surface area contributed by atoms with Crippen LogP contribution in [0, 0.1) is 5.92 Å². The Morgan fingerprint density at radius 3 is 2.64 bits per heavy atom. The van der Waals surface area contributed by atoms with Crippen molar-refractivity contribution in [3.8, 4) is 0 Å². The SMILES string of the molecule is O=C(c1ccoc1)N1CCC(C(=O)N2CCCC2c2cccs2)CC1. The molecule has 2 aliphatic heterocycles. The van der Waals surface area contributed by atoms with Gasteiger partial charge in [-0.3, -0.25) is 9.59 Å². The van der Waals surface area contributed by atoms with Crippen LogP contribution in [0.3, 0.4) is 0 Å². The summed E-state index contributed by atoms with van der Waals surface area (Å²) in [5.74, 6) is 0.303. The zero-order valence-corrected chi connectivity index (χ0v) is 14.9. The quantitative estimate of drug-likeness (QED) is 0.843. The van der Waals surface area contributed by atoms with Crippen LogP contribution in [0.4, 0.5) is 0 Å². The fourth-order valence-electron chi connectivity index (χ4n) is 3.94. The number of thiophene rings is 1. The van der Waals surface area contributed by atoms with Gasteiger partial charge in [-0.2, -0.15) is 0 Å². The van der Waals surface area contributed by atoms with E-state index in [1.165, 1.54) is 17.4 Å². The van der Waals surface area contributed by atoms with E-state index in [1.807, 2.05) is 4.90 Å². The standard InChI is InChI=1S/C19H22N2O3S/c22-18(15-7-11-24-13-15)20-9-5-14(6-10-20)19(23)21-8-1-3-16(21)17-4-2-12-25-17/h2,4,7,11-14,16H,1,3,5-6,8-10H2. The lowest BCUT2D eigenvalue weighted by Gasteiger charge is -2.34. The van der Waals surface area contributed by atoms with Gasteiger partial charge in [0.2, 0.25) is 5.91 Å². The van der Waals surface area contributed by atoms with Gasteiger partial charge < -0.3 is 14.2 Å². The highest BCUT2D eigenvalue weighted by molar-refractivity contribution is 7.10. The molecule has 6 heteroatoms. The van der Waals surface area contributed by atoms with E-state index < -0.39 is 0 Å². The van der Waals surface area contributed by atoms with Crippen molar-refractivity contribution in [1.29, 1.82) is 0 Å². The fourth-order valence-corrected chi connectivity index (χ4v) is 4.81. The number of rotatable bonds is 3. The average Bonchev–Trinajstić information content (AvgIpc) is 3.42. The number of hydrogen-bond donors (Lipinski definition) is 0. The molecule has 0 radical (unpaired) electrons. The maximum Gasteiger partial charge on any atom is 0.257 e. The Kier molecular flexibility index (Phi) is 4.61. The number of furan rings is 1. The summed E-state index contributed by atoms with van der Waals surface area (Å²) < 4.78 is 4.99. The van der Waals surface area contributed by atoms with Gasteiger partial charge in [-0.15, -0.1) is 11.3 Å². The fraction of sp³-hybridized carbons (Fsp3) is 0.474. The number of hydrogen-bond acceptors (Lipinski definition) is 4. The van der Waals surface area contributed by atoms with Crippen molar-refractivity contribution >= 4 is 23.2 Å². The zero-order chi connectivity index (χ0) is 17.2. The van der Waals surface area contributed by atoms with Gasteiger partial charge in [-0.05, 0) is 43.2 Å². The topological polar surface area (TPSA) is 53.8 Å². The monoisotopic (exact) mass is 358 g/mol. The number of piperidine rings is 1. The van der Waals surface area contributed by atoms with E-state index in [0.717, 1.165) is 32.2 Å². The molecule has 4 rings (SSSR count). The number of likely N-dealkylation sites (tertiary alicyclic amines) is 2. The minimum atomic E-state index is -0.00252. The van der Waals surface area contributed by atoms with E-state index in [1.54, 1.807) is 17.4 Å². The third kappa shape index (κ3) is 3.23. The highest BCUT2D eigenvalue weighted by Gasteiger charge is 2.36. The van der Waals surface area contributed by atoms with Crippen molar-refractivity contribution in [2.75, 3.05) is 19.6 Å². The number of carbonyl (C=O) groups excluding carboxylic acids is 2. The molecule has 2 fully saturated rings. The van der Waals surface area contributed by atoms with Crippen molar-refractivity contribution in [2.45, 2.75) is 31.7 Å². The van der Waals surface area contributed by atoms with Gasteiger partial charge in [0.1, 0.15) is 6.26 Å². The third-order valence-electron chi connectivity index (χ3n) is 5.31. The molecule has 2 saturated heterocycles. The lowest BCUT2D eigenvalue weighted by atomic mass is 9.94. The third-order valence-corrected chi connectivity index (χ3v) is 6.28. The van der Waals surface area contributed by atoms with Crippen molar-refractivity contribution in [1.82, 2.24) is 9.80 Å². The lowest BCUT2D eigenvalue weighted by molar-refractivity contribution is -0.137. The summed E-state index contributed by atoms with van der Waals surface area (Å²) in [5.41, 5.74) is 0.585. The molecule has 132 valence electrons. The second kappa shape index (κ2) is 7.04. The van der Waals surface area contributed by atoms with Crippen LogP contribution in [0.1, 0.15) is 47.0 Å². The van der Waals surface area contributed by atoms with Crippen LogP contribution in [0.15, 0.2) is 40.5 Å². The van der Waals surface area contributed by atoms with Crippen LogP contribution in [-0.2, 0) is 4.79 Å². The Hall–Kier alpha value is -2.08.